The van der Waals surface area contributed by atoms with Crippen molar-refractivity contribution in [2.24, 2.45) is 17.4 Å². The number of aliphatic hydroxyl groups excluding tert-OH is 2. The highest BCUT2D eigenvalue weighted by Gasteiger charge is 2.30. The fourth-order valence-corrected chi connectivity index (χ4v) is 3.79. The number of nitriles is 1. The maximum atomic E-state index is 13.6. The third-order valence-electron chi connectivity index (χ3n) is 4.80. The van der Waals surface area contributed by atoms with E-state index in [1.54, 1.807) is 19.1 Å². The highest BCUT2D eigenvalue weighted by Crippen LogP contribution is 2.36. The molecule has 0 amide bonds. The molecule has 2 unspecified atom stereocenters. The maximum Gasteiger partial charge on any atom is 0.286 e. The Labute approximate surface area is 186 Å². The molecule has 3 N–H and O–H groups in total. The fraction of sp³-hybridized carbons (Fsp3) is 0.333. The van der Waals surface area contributed by atoms with E-state index in [1.807, 2.05) is 0 Å². The second-order valence-corrected chi connectivity index (χ2v) is 8.80. The summed E-state index contributed by atoms with van der Waals surface area (Å²) in [6, 6.07) is 5.29. The Morgan fingerprint density at radius 2 is 2.12 bits per heavy atom. The van der Waals surface area contributed by atoms with Crippen molar-refractivity contribution in [3.63, 3.8) is 0 Å². The van der Waals surface area contributed by atoms with Crippen LogP contribution in [0.1, 0.15) is 30.8 Å². The number of aryl methyl sites for hydroxylation is 1. The van der Waals surface area contributed by atoms with Gasteiger partial charge in [0.1, 0.15) is 22.5 Å². The van der Waals surface area contributed by atoms with Crippen molar-refractivity contribution >= 4 is 22.4 Å². The average Bonchev–Trinajstić information content (AvgIpc) is 3.10. The number of aliphatic hydroxyl groups is 2. The molecule has 9 nitrogen and oxygen atoms in total. The highest BCUT2D eigenvalue weighted by atomic mass is 32.2. The second kappa shape index (κ2) is 10.4. The summed E-state index contributed by atoms with van der Waals surface area (Å²) in [5, 5.41) is 32.6. The van der Waals surface area contributed by atoms with Gasteiger partial charge in [-0.15, -0.1) is 6.58 Å². The number of sulfonamides is 1. The summed E-state index contributed by atoms with van der Waals surface area (Å²) in [6.07, 6.45) is 0.841. The number of hydrogen-bond donors (Lipinski definition) is 3. The van der Waals surface area contributed by atoms with Crippen molar-refractivity contribution in [3.05, 3.63) is 54.1 Å². The van der Waals surface area contributed by atoms with Crippen LogP contribution in [0.2, 0.25) is 0 Å². The van der Waals surface area contributed by atoms with Crippen LogP contribution >= 0.6 is 0 Å². The number of hydrogen-bond acceptors (Lipinski definition) is 7. The number of halogens is 1. The van der Waals surface area contributed by atoms with Crippen LogP contribution in [0.5, 0.6) is 5.75 Å². The van der Waals surface area contributed by atoms with Gasteiger partial charge in [0.05, 0.1) is 18.3 Å². The molecule has 32 heavy (non-hydrogen) atoms. The Bertz CT molecular complexity index is 1140. The Balaban J connectivity index is 2.43. The topological polar surface area (TPSA) is 137 Å². The molecule has 0 aliphatic carbocycles. The van der Waals surface area contributed by atoms with Gasteiger partial charge in [0.25, 0.3) is 10.0 Å². The summed E-state index contributed by atoms with van der Waals surface area (Å²) in [4.78, 5) is -0.312. The lowest BCUT2D eigenvalue weighted by Gasteiger charge is -2.21. The molecule has 0 saturated heterocycles. The minimum absolute atomic E-state index is 0.0421. The number of rotatable bonds is 11. The Morgan fingerprint density at radius 1 is 1.44 bits per heavy atom. The van der Waals surface area contributed by atoms with Gasteiger partial charge in [-0.25, -0.2) is 4.39 Å². The summed E-state index contributed by atoms with van der Waals surface area (Å²) in [7, 11) is -2.68. The zero-order valence-corrected chi connectivity index (χ0v) is 18.5. The Hall–Kier alpha value is -3.20. The fourth-order valence-electron chi connectivity index (χ4n) is 2.96. The number of aromatic nitrogens is 1. The smallest absolute Gasteiger partial charge is 0.286 e. The molecule has 11 heteroatoms. The van der Waals surface area contributed by atoms with Gasteiger partial charge in [-0.1, -0.05) is 13.0 Å². The van der Waals surface area contributed by atoms with E-state index in [-0.39, 0.29) is 40.1 Å². The van der Waals surface area contributed by atoms with E-state index >= 15 is 0 Å². The van der Waals surface area contributed by atoms with E-state index in [9.17, 15) is 23.0 Å². The lowest BCUT2D eigenvalue weighted by molar-refractivity contribution is 0.0844. The molecule has 0 aliphatic rings. The molecule has 1 aromatic carbocycles. The third-order valence-corrected chi connectivity index (χ3v) is 5.99. The van der Waals surface area contributed by atoms with Crippen molar-refractivity contribution in [1.82, 2.24) is 4.57 Å². The molecule has 2 rings (SSSR count). The highest BCUT2D eigenvalue weighted by molar-refractivity contribution is 7.90. The number of nitrogens with zero attached hydrogens (tertiary/aromatic N) is 3. The average molecular weight is 465 g/mol. The molecule has 0 saturated carbocycles. The Kier molecular flexibility index (Phi) is 8.15. The lowest BCUT2D eigenvalue weighted by atomic mass is 10.0. The maximum absolute atomic E-state index is 13.6. The summed E-state index contributed by atoms with van der Waals surface area (Å²) < 4.78 is 48.6. The summed E-state index contributed by atoms with van der Waals surface area (Å²) in [5.74, 6) is -1.26. The van der Waals surface area contributed by atoms with Crippen molar-refractivity contribution in [2.45, 2.75) is 30.6 Å². The molecular weight excluding hydrogens is 439 g/mol. The molecule has 0 fully saturated rings. The summed E-state index contributed by atoms with van der Waals surface area (Å²) >= 11 is 0. The quantitative estimate of drug-likeness (QED) is 0.264. The monoisotopic (exact) mass is 464 g/mol. The van der Waals surface area contributed by atoms with Crippen molar-refractivity contribution in [1.29, 1.82) is 5.26 Å². The predicted octanol–water partition coefficient (Wildman–Crippen LogP) is 2.48. The van der Waals surface area contributed by atoms with Crippen LogP contribution in [0, 0.1) is 23.1 Å². The first-order valence-corrected chi connectivity index (χ1v) is 11.0. The minimum Gasteiger partial charge on any atom is -0.490 e. The van der Waals surface area contributed by atoms with E-state index in [0.717, 1.165) is 6.07 Å². The van der Waals surface area contributed by atoms with Crippen molar-refractivity contribution in [2.75, 3.05) is 11.9 Å². The minimum atomic E-state index is -4.17. The summed E-state index contributed by atoms with van der Waals surface area (Å²) in [5.41, 5.74) is 0.0406. The second-order valence-electron chi connectivity index (χ2n) is 7.16. The van der Waals surface area contributed by atoms with Gasteiger partial charge in [0.2, 0.25) is 0 Å². The molecule has 0 spiro atoms. The first-order valence-electron chi connectivity index (χ1n) is 9.53. The molecule has 172 valence electrons. The van der Waals surface area contributed by atoms with Gasteiger partial charge in [-0.05, 0) is 24.6 Å². The first-order chi connectivity index (χ1) is 15.0. The van der Waals surface area contributed by atoms with Gasteiger partial charge in [0, 0.05) is 31.6 Å². The SMILES string of the molecule is C=CC[C@@H](O)C(C)COc1c(S(=O)(=O)N=C)cn(C)c1C(O)Nc1ccc(F)c(C#N)c1. The molecule has 1 aromatic heterocycles. The van der Waals surface area contributed by atoms with Crippen LogP contribution in [0.3, 0.4) is 0 Å². The molecule has 0 radical (unpaired) electrons. The lowest BCUT2D eigenvalue weighted by Crippen LogP contribution is -2.24. The van der Waals surface area contributed by atoms with E-state index in [4.69, 9.17) is 10.00 Å². The van der Waals surface area contributed by atoms with Crippen molar-refractivity contribution < 1.29 is 27.8 Å². The van der Waals surface area contributed by atoms with E-state index < -0.39 is 28.2 Å². The van der Waals surface area contributed by atoms with Crippen molar-refractivity contribution in [3.8, 4) is 11.8 Å². The zero-order valence-electron chi connectivity index (χ0n) is 17.7. The van der Waals surface area contributed by atoms with Crippen LogP contribution in [-0.2, 0) is 17.1 Å². The third kappa shape index (κ3) is 5.53. The summed E-state index contributed by atoms with van der Waals surface area (Å²) in [6.45, 7) is 8.30. The van der Waals surface area contributed by atoms with Gasteiger partial charge >= 0.3 is 0 Å². The molecule has 2 aromatic rings. The first kappa shape index (κ1) is 25.1. The van der Waals surface area contributed by atoms with Crippen LogP contribution in [0.25, 0.3) is 0 Å². The van der Waals surface area contributed by atoms with Crippen LogP contribution in [0.4, 0.5) is 10.1 Å². The Morgan fingerprint density at radius 3 is 2.72 bits per heavy atom. The van der Waals surface area contributed by atoms with Gasteiger partial charge < -0.3 is 24.8 Å². The predicted molar refractivity (Wildman–Crippen MR) is 117 cm³/mol. The zero-order chi connectivity index (χ0) is 24.1. The van der Waals surface area contributed by atoms with E-state index in [2.05, 4.69) is 23.0 Å². The van der Waals surface area contributed by atoms with Crippen LogP contribution < -0.4 is 10.1 Å². The number of anilines is 1. The standard InChI is InChI=1S/C21H25FN4O5S/c1-5-6-17(27)13(2)12-31-20-18(32(29,30)24-3)11-26(4)19(20)21(28)25-15-7-8-16(22)14(9-15)10-23/h5,7-9,11,13,17,21,25,27-28H,1,3,6,12H2,2,4H3/t13?,17-,21?/m1/s1. The van der Waals surface area contributed by atoms with E-state index in [0.29, 0.717) is 6.42 Å². The van der Waals surface area contributed by atoms with Gasteiger partial charge in [-0.3, -0.25) is 0 Å². The van der Waals surface area contributed by atoms with Crippen LogP contribution in [0.15, 0.2) is 46.3 Å². The number of benzene rings is 1. The number of nitrogens with one attached hydrogen (secondary N) is 1. The molecule has 0 bridgehead atoms. The van der Waals surface area contributed by atoms with Gasteiger partial charge in [-0.2, -0.15) is 18.1 Å². The van der Waals surface area contributed by atoms with E-state index in [1.165, 1.54) is 29.9 Å². The number of ether oxygens (including phenoxy) is 1. The normalized spacial score (nSPS) is 14.1. The molecule has 1 heterocycles. The van der Waals surface area contributed by atoms with Crippen LogP contribution in [-0.4, -0.2) is 42.6 Å². The molecule has 0 aliphatic heterocycles. The molecule has 3 atom stereocenters. The molecular formula is C21H25FN4O5S. The van der Waals surface area contributed by atoms with Gasteiger partial charge in [0.15, 0.2) is 12.0 Å². The largest absolute Gasteiger partial charge is 0.490 e.